The molecule has 1 saturated heterocycles. The van der Waals surface area contributed by atoms with E-state index >= 15 is 0 Å². The summed E-state index contributed by atoms with van der Waals surface area (Å²) in [6, 6.07) is 9.73. The van der Waals surface area contributed by atoms with Gasteiger partial charge in [-0.05, 0) is 29.8 Å². The fourth-order valence-corrected chi connectivity index (χ4v) is 3.06. The molecule has 0 spiro atoms. The van der Waals surface area contributed by atoms with Crippen molar-refractivity contribution in [3.05, 3.63) is 59.7 Å². The number of nitrogens with one attached hydrogen (secondary N) is 1. The Balaban J connectivity index is 1.90. The highest BCUT2D eigenvalue weighted by atomic mass is 19.2. The van der Waals surface area contributed by atoms with Crippen LogP contribution in [0.15, 0.2) is 42.5 Å². The lowest BCUT2D eigenvalue weighted by Crippen LogP contribution is -2.33. The topological polar surface area (TPSA) is 69.6 Å². The molecular weight excluding hydrogens is 330 g/mol. The molecule has 1 fully saturated rings. The van der Waals surface area contributed by atoms with Crippen LogP contribution in [0.5, 0.6) is 5.75 Å². The molecule has 0 aliphatic carbocycles. The zero-order valence-corrected chi connectivity index (χ0v) is 13.4. The Labute approximate surface area is 142 Å². The van der Waals surface area contributed by atoms with Gasteiger partial charge in [0.15, 0.2) is 11.6 Å². The third-order valence-electron chi connectivity index (χ3n) is 4.31. The second kappa shape index (κ2) is 6.51. The van der Waals surface area contributed by atoms with Gasteiger partial charge in [0.25, 0.3) is 0 Å². The number of nitrogens with zero attached hydrogens (tertiary/aromatic N) is 1. The quantitative estimate of drug-likeness (QED) is 0.839. The largest absolute Gasteiger partial charge is 0.508 e. The molecule has 2 amide bonds. The summed E-state index contributed by atoms with van der Waals surface area (Å²) in [6.45, 7) is 0.284. The van der Waals surface area contributed by atoms with Gasteiger partial charge in [-0.25, -0.2) is 8.78 Å². The lowest BCUT2D eigenvalue weighted by molar-refractivity contribution is -0.135. The van der Waals surface area contributed by atoms with E-state index in [0.29, 0.717) is 5.56 Å². The van der Waals surface area contributed by atoms with Gasteiger partial charge in [0.2, 0.25) is 11.8 Å². The van der Waals surface area contributed by atoms with Crippen LogP contribution in [0.4, 0.5) is 14.5 Å². The maximum atomic E-state index is 13.8. The van der Waals surface area contributed by atoms with Crippen molar-refractivity contribution in [1.82, 2.24) is 4.90 Å². The molecule has 2 aromatic rings. The number of rotatable bonds is 3. The monoisotopic (exact) mass is 346 g/mol. The molecule has 3 rings (SSSR count). The Hall–Kier alpha value is -2.96. The second-order valence-corrected chi connectivity index (χ2v) is 5.99. The number of likely N-dealkylation sites (N-methyl/N-ethyl adjacent to an activating group) is 1. The van der Waals surface area contributed by atoms with Crippen molar-refractivity contribution in [2.24, 2.45) is 5.92 Å². The second-order valence-electron chi connectivity index (χ2n) is 5.99. The van der Waals surface area contributed by atoms with Crippen molar-refractivity contribution in [1.29, 1.82) is 0 Å². The molecule has 5 nitrogen and oxygen atoms in total. The Morgan fingerprint density at radius 2 is 1.96 bits per heavy atom. The van der Waals surface area contributed by atoms with E-state index in [1.165, 1.54) is 29.2 Å². The smallest absolute Gasteiger partial charge is 0.237 e. The number of phenols is 1. The fourth-order valence-electron chi connectivity index (χ4n) is 3.06. The van der Waals surface area contributed by atoms with E-state index < -0.39 is 35.3 Å². The van der Waals surface area contributed by atoms with Gasteiger partial charge in [-0.15, -0.1) is 0 Å². The van der Waals surface area contributed by atoms with Crippen molar-refractivity contribution < 1.29 is 23.5 Å². The van der Waals surface area contributed by atoms with E-state index in [1.54, 1.807) is 19.2 Å². The number of hydrogen-bond acceptors (Lipinski definition) is 3. The number of likely N-dealkylation sites (tertiary alicyclic amines) is 1. The number of benzene rings is 2. The first kappa shape index (κ1) is 16.9. The number of carbonyl (C=O) groups is 2. The SMILES string of the molecule is CN1CC(c2cccc(O)c2)C(C(=O)Nc2cccc(F)c2F)C1=O. The lowest BCUT2D eigenvalue weighted by atomic mass is 9.87. The summed E-state index contributed by atoms with van der Waals surface area (Å²) in [5.41, 5.74) is 0.305. The zero-order chi connectivity index (χ0) is 18.1. The van der Waals surface area contributed by atoms with Crippen LogP contribution in [-0.4, -0.2) is 35.4 Å². The first-order valence-electron chi connectivity index (χ1n) is 7.67. The van der Waals surface area contributed by atoms with Crippen LogP contribution in [0, 0.1) is 17.6 Å². The fraction of sp³-hybridized carbons (Fsp3) is 0.222. The van der Waals surface area contributed by atoms with Crippen LogP contribution in [-0.2, 0) is 9.59 Å². The molecule has 130 valence electrons. The van der Waals surface area contributed by atoms with Gasteiger partial charge in [-0.3, -0.25) is 9.59 Å². The minimum Gasteiger partial charge on any atom is -0.508 e. The molecule has 0 radical (unpaired) electrons. The van der Waals surface area contributed by atoms with Crippen LogP contribution < -0.4 is 5.32 Å². The van der Waals surface area contributed by atoms with Crippen molar-refractivity contribution in [3.8, 4) is 5.75 Å². The summed E-state index contributed by atoms with van der Waals surface area (Å²) in [5.74, 6) is -4.96. The van der Waals surface area contributed by atoms with Crippen LogP contribution in [0.25, 0.3) is 0 Å². The van der Waals surface area contributed by atoms with Gasteiger partial charge in [-0.1, -0.05) is 18.2 Å². The highest BCUT2D eigenvalue weighted by Crippen LogP contribution is 2.35. The summed E-state index contributed by atoms with van der Waals surface area (Å²) in [4.78, 5) is 26.4. The number of carbonyl (C=O) groups excluding carboxylic acids is 2. The van der Waals surface area contributed by atoms with Gasteiger partial charge < -0.3 is 15.3 Å². The van der Waals surface area contributed by atoms with Crippen molar-refractivity contribution in [2.45, 2.75) is 5.92 Å². The maximum absolute atomic E-state index is 13.8. The van der Waals surface area contributed by atoms with E-state index in [2.05, 4.69) is 5.32 Å². The predicted molar refractivity (Wildman–Crippen MR) is 87.0 cm³/mol. The number of halogens is 2. The normalized spacial score (nSPS) is 20.0. The average Bonchev–Trinajstić information content (AvgIpc) is 2.87. The number of amides is 2. The van der Waals surface area contributed by atoms with Crippen LogP contribution in [0.3, 0.4) is 0 Å². The number of anilines is 1. The molecule has 1 heterocycles. The maximum Gasteiger partial charge on any atom is 0.237 e. The average molecular weight is 346 g/mol. The third-order valence-corrected chi connectivity index (χ3v) is 4.31. The minimum absolute atomic E-state index is 0.0230. The van der Waals surface area contributed by atoms with E-state index in [-0.39, 0.29) is 18.0 Å². The van der Waals surface area contributed by atoms with E-state index in [0.717, 1.165) is 6.07 Å². The summed E-state index contributed by atoms with van der Waals surface area (Å²) in [7, 11) is 1.56. The molecule has 2 atom stereocenters. The Morgan fingerprint density at radius 3 is 2.68 bits per heavy atom. The van der Waals surface area contributed by atoms with Gasteiger partial charge >= 0.3 is 0 Å². The number of hydrogen-bond donors (Lipinski definition) is 2. The molecular formula is C18H16F2N2O3. The van der Waals surface area contributed by atoms with Gasteiger partial charge in [0.1, 0.15) is 11.7 Å². The van der Waals surface area contributed by atoms with Crippen LogP contribution >= 0.6 is 0 Å². The van der Waals surface area contributed by atoms with Crippen molar-refractivity contribution in [2.75, 3.05) is 18.9 Å². The molecule has 2 unspecified atom stereocenters. The summed E-state index contributed by atoms with van der Waals surface area (Å²) >= 11 is 0. The van der Waals surface area contributed by atoms with E-state index in [9.17, 15) is 23.5 Å². The number of aromatic hydroxyl groups is 1. The zero-order valence-electron chi connectivity index (χ0n) is 13.4. The molecule has 25 heavy (non-hydrogen) atoms. The third kappa shape index (κ3) is 3.17. The Bertz CT molecular complexity index is 841. The minimum atomic E-state index is -1.18. The first-order valence-corrected chi connectivity index (χ1v) is 7.67. The van der Waals surface area contributed by atoms with Gasteiger partial charge in [-0.2, -0.15) is 0 Å². The van der Waals surface area contributed by atoms with Gasteiger partial charge in [0.05, 0.1) is 5.69 Å². The predicted octanol–water partition coefficient (Wildman–Crippen LogP) is 2.48. The standard InChI is InChI=1S/C18H16F2N2O3/c1-22-9-12(10-4-2-5-11(23)8-10)15(18(22)25)17(24)21-14-7-3-6-13(19)16(14)20/h2-8,12,15,23H,9H2,1H3,(H,21,24). The molecule has 0 aromatic heterocycles. The van der Waals surface area contributed by atoms with Crippen molar-refractivity contribution >= 4 is 17.5 Å². The molecule has 7 heteroatoms. The molecule has 1 aliphatic rings. The summed E-state index contributed by atoms with van der Waals surface area (Å²) in [6.07, 6.45) is 0. The number of phenolic OH excluding ortho intramolecular Hbond substituents is 1. The van der Waals surface area contributed by atoms with E-state index in [1.807, 2.05) is 0 Å². The van der Waals surface area contributed by atoms with Gasteiger partial charge in [0, 0.05) is 19.5 Å². The summed E-state index contributed by atoms with van der Waals surface area (Å²) < 4.78 is 27.1. The Morgan fingerprint density at radius 1 is 1.24 bits per heavy atom. The summed E-state index contributed by atoms with van der Waals surface area (Å²) in [5, 5.41) is 11.9. The van der Waals surface area contributed by atoms with Crippen LogP contribution in [0.1, 0.15) is 11.5 Å². The van der Waals surface area contributed by atoms with E-state index in [4.69, 9.17) is 0 Å². The van der Waals surface area contributed by atoms with Crippen LogP contribution in [0.2, 0.25) is 0 Å². The molecule has 2 N–H and O–H groups in total. The molecule has 2 aromatic carbocycles. The highest BCUT2D eigenvalue weighted by molar-refractivity contribution is 6.08. The van der Waals surface area contributed by atoms with Crippen molar-refractivity contribution in [3.63, 3.8) is 0 Å². The lowest BCUT2D eigenvalue weighted by Gasteiger charge is -2.17. The first-order chi connectivity index (χ1) is 11.9. The molecule has 0 bridgehead atoms. The Kier molecular flexibility index (Phi) is 4.39. The molecule has 0 saturated carbocycles. The highest BCUT2D eigenvalue weighted by Gasteiger charge is 2.44. The molecule has 1 aliphatic heterocycles.